The standard InChI is InChI=1S/C11H12ClF2NO/c1-16-10-6(12)4-7(13)9(14)8(10)11(5-15)2-3-11/h4H,2-3,5,15H2,1H3. The number of hydrogen-bond acceptors (Lipinski definition) is 2. The van der Waals surface area contributed by atoms with E-state index in [0.29, 0.717) is 0 Å². The largest absolute Gasteiger partial charge is 0.495 e. The lowest BCUT2D eigenvalue weighted by Gasteiger charge is -2.19. The van der Waals surface area contributed by atoms with Gasteiger partial charge in [-0.2, -0.15) is 0 Å². The van der Waals surface area contributed by atoms with Crippen LogP contribution in [0, 0.1) is 11.6 Å². The van der Waals surface area contributed by atoms with Gasteiger partial charge in [-0.05, 0) is 18.9 Å². The Balaban J connectivity index is 2.66. The number of nitrogens with two attached hydrogens (primary N) is 1. The maximum absolute atomic E-state index is 13.8. The maximum atomic E-state index is 13.8. The first-order chi connectivity index (χ1) is 7.55. The second-order valence-corrected chi connectivity index (χ2v) is 4.45. The summed E-state index contributed by atoms with van der Waals surface area (Å²) in [6, 6.07) is 0.922. The summed E-state index contributed by atoms with van der Waals surface area (Å²) in [7, 11) is 1.38. The number of rotatable bonds is 3. The average molecular weight is 248 g/mol. The van der Waals surface area contributed by atoms with E-state index >= 15 is 0 Å². The molecule has 1 aromatic carbocycles. The van der Waals surface area contributed by atoms with Crippen molar-refractivity contribution in [1.29, 1.82) is 0 Å². The summed E-state index contributed by atoms with van der Waals surface area (Å²) in [5.41, 5.74) is 5.29. The first-order valence-corrected chi connectivity index (χ1v) is 5.35. The predicted molar refractivity (Wildman–Crippen MR) is 57.9 cm³/mol. The predicted octanol–water partition coefficient (Wildman–Crippen LogP) is 2.62. The van der Waals surface area contributed by atoms with Crippen molar-refractivity contribution in [1.82, 2.24) is 0 Å². The molecule has 0 atom stereocenters. The van der Waals surface area contributed by atoms with Crippen LogP contribution in [-0.2, 0) is 5.41 Å². The third kappa shape index (κ3) is 1.57. The Bertz CT molecular complexity index is 432. The van der Waals surface area contributed by atoms with Crippen molar-refractivity contribution >= 4 is 11.6 Å². The summed E-state index contributed by atoms with van der Waals surface area (Å²) >= 11 is 5.83. The highest BCUT2D eigenvalue weighted by Gasteiger charge is 2.48. The molecule has 16 heavy (non-hydrogen) atoms. The van der Waals surface area contributed by atoms with Crippen LogP contribution < -0.4 is 10.5 Å². The molecule has 5 heteroatoms. The molecule has 1 fully saturated rings. The Morgan fingerprint density at radius 3 is 2.56 bits per heavy atom. The van der Waals surface area contributed by atoms with Crippen LogP contribution in [0.4, 0.5) is 8.78 Å². The molecular formula is C11H12ClF2NO. The van der Waals surface area contributed by atoms with Gasteiger partial charge in [0.1, 0.15) is 5.75 Å². The van der Waals surface area contributed by atoms with Crippen LogP contribution >= 0.6 is 11.6 Å². The topological polar surface area (TPSA) is 35.2 Å². The van der Waals surface area contributed by atoms with E-state index in [1.54, 1.807) is 0 Å². The number of hydrogen-bond donors (Lipinski definition) is 1. The highest BCUT2D eigenvalue weighted by molar-refractivity contribution is 6.32. The second kappa shape index (κ2) is 3.86. The van der Waals surface area contributed by atoms with Crippen molar-refractivity contribution in [3.05, 3.63) is 28.3 Å². The van der Waals surface area contributed by atoms with Gasteiger partial charge in [0.2, 0.25) is 0 Å². The number of ether oxygens (including phenoxy) is 1. The van der Waals surface area contributed by atoms with Crippen molar-refractivity contribution in [2.75, 3.05) is 13.7 Å². The van der Waals surface area contributed by atoms with Gasteiger partial charge < -0.3 is 10.5 Å². The molecule has 0 unspecified atom stereocenters. The minimum absolute atomic E-state index is 0.0797. The zero-order chi connectivity index (χ0) is 11.9. The van der Waals surface area contributed by atoms with Crippen LogP contribution in [0.15, 0.2) is 6.07 Å². The first-order valence-electron chi connectivity index (χ1n) is 4.98. The zero-order valence-electron chi connectivity index (χ0n) is 8.82. The van der Waals surface area contributed by atoms with Crippen molar-refractivity contribution in [3.63, 3.8) is 0 Å². The van der Waals surface area contributed by atoms with Crippen LogP contribution in [0.3, 0.4) is 0 Å². The Labute approximate surface area is 97.3 Å². The van der Waals surface area contributed by atoms with Crippen LogP contribution in [-0.4, -0.2) is 13.7 Å². The summed E-state index contributed by atoms with van der Waals surface area (Å²) in [4.78, 5) is 0. The van der Waals surface area contributed by atoms with E-state index in [-0.39, 0.29) is 22.9 Å². The minimum atomic E-state index is -0.958. The van der Waals surface area contributed by atoms with Gasteiger partial charge in [-0.1, -0.05) is 11.6 Å². The lowest BCUT2D eigenvalue weighted by Crippen LogP contribution is -2.22. The molecule has 0 saturated heterocycles. The summed E-state index contributed by atoms with van der Waals surface area (Å²) in [5, 5.41) is 0.0797. The molecule has 1 saturated carbocycles. The average Bonchev–Trinajstić information content (AvgIpc) is 3.03. The van der Waals surface area contributed by atoms with Gasteiger partial charge in [-0.25, -0.2) is 8.78 Å². The molecule has 0 amide bonds. The third-order valence-corrected chi connectivity index (χ3v) is 3.39. The lowest BCUT2D eigenvalue weighted by atomic mass is 9.94. The summed E-state index contributed by atoms with van der Waals surface area (Å²) in [6.45, 7) is 0.264. The molecule has 1 aliphatic rings. The Hall–Kier alpha value is -0.870. The monoisotopic (exact) mass is 247 g/mol. The van der Waals surface area contributed by atoms with Crippen LogP contribution in [0.2, 0.25) is 5.02 Å². The Morgan fingerprint density at radius 1 is 1.50 bits per heavy atom. The molecule has 1 aromatic rings. The van der Waals surface area contributed by atoms with E-state index in [2.05, 4.69) is 0 Å². The minimum Gasteiger partial charge on any atom is -0.495 e. The molecule has 2 rings (SSSR count). The van der Waals surface area contributed by atoms with Crippen LogP contribution in [0.25, 0.3) is 0 Å². The second-order valence-electron chi connectivity index (χ2n) is 4.05. The molecule has 0 spiro atoms. The van der Waals surface area contributed by atoms with Gasteiger partial charge in [0.05, 0.1) is 12.1 Å². The van der Waals surface area contributed by atoms with Gasteiger partial charge in [0, 0.05) is 17.5 Å². The number of benzene rings is 1. The lowest BCUT2D eigenvalue weighted by molar-refractivity contribution is 0.389. The molecule has 0 bridgehead atoms. The molecule has 0 heterocycles. The normalized spacial score (nSPS) is 17.3. The van der Waals surface area contributed by atoms with E-state index in [1.165, 1.54) is 7.11 Å². The number of methoxy groups -OCH3 is 1. The molecule has 0 aliphatic heterocycles. The Morgan fingerprint density at radius 2 is 2.12 bits per heavy atom. The molecule has 0 radical (unpaired) electrons. The van der Waals surface area contributed by atoms with Crippen molar-refractivity contribution < 1.29 is 13.5 Å². The molecular weight excluding hydrogens is 236 g/mol. The van der Waals surface area contributed by atoms with E-state index in [4.69, 9.17) is 22.1 Å². The summed E-state index contributed by atoms with van der Waals surface area (Å²) < 4.78 is 32.1. The van der Waals surface area contributed by atoms with Gasteiger partial charge in [-0.15, -0.1) is 0 Å². The van der Waals surface area contributed by atoms with Gasteiger partial charge in [0.25, 0.3) is 0 Å². The Kier molecular flexibility index (Phi) is 2.80. The smallest absolute Gasteiger partial charge is 0.166 e. The molecule has 1 aliphatic carbocycles. The fraction of sp³-hybridized carbons (Fsp3) is 0.455. The molecule has 2 N–H and O–H groups in total. The van der Waals surface area contributed by atoms with Crippen LogP contribution in [0.5, 0.6) is 5.75 Å². The van der Waals surface area contributed by atoms with Crippen molar-refractivity contribution in [2.24, 2.45) is 5.73 Å². The van der Waals surface area contributed by atoms with Gasteiger partial charge in [0.15, 0.2) is 11.6 Å². The summed E-state index contributed by atoms with van der Waals surface area (Å²) in [6.07, 6.45) is 1.47. The van der Waals surface area contributed by atoms with Crippen molar-refractivity contribution in [2.45, 2.75) is 18.3 Å². The van der Waals surface area contributed by atoms with Gasteiger partial charge in [-0.3, -0.25) is 0 Å². The van der Waals surface area contributed by atoms with E-state index in [9.17, 15) is 8.78 Å². The summed E-state index contributed by atoms with van der Waals surface area (Å²) in [5.74, 6) is -1.66. The number of halogens is 3. The highest BCUT2D eigenvalue weighted by atomic mass is 35.5. The van der Waals surface area contributed by atoms with E-state index in [0.717, 1.165) is 18.9 Å². The quantitative estimate of drug-likeness (QED) is 0.834. The van der Waals surface area contributed by atoms with Crippen LogP contribution in [0.1, 0.15) is 18.4 Å². The van der Waals surface area contributed by atoms with Gasteiger partial charge >= 0.3 is 0 Å². The fourth-order valence-electron chi connectivity index (χ4n) is 1.96. The first kappa shape index (κ1) is 11.6. The zero-order valence-corrected chi connectivity index (χ0v) is 9.57. The van der Waals surface area contributed by atoms with E-state index < -0.39 is 17.0 Å². The molecule has 2 nitrogen and oxygen atoms in total. The molecule has 0 aromatic heterocycles. The van der Waals surface area contributed by atoms with E-state index in [1.807, 2.05) is 0 Å². The third-order valence-electron chi connectivity index (χ3n) is 3.11. The SMILES string of the molecule is COc1c(Cl)cc(F)c(F)c1C1(CN)CC1. The fourth-order valence-corrected chi connectivity index (χ4v) is 2.23. The highest BCUT2D eigenvalue weighted by Crippen LogP contribution is 2.53. The maximum Gasteiger partial charge on any atom is 0.166 e. The van der Waals surface area contributed by atoms with Crippen molar-refractivity contribution in [3.8, 4) is 5.75 Å². The molecule has 88 valence electrons.